The van der Waals surface area contributed by atoms with Crippen LogP contribution >= 0.6 is 0 Å². The molecule has 0 spiro atoms. The van der Waals surface area contributed by atoms with Gasteiger partial charge in [-0.05, 0) is 132 Å². The molecule has 1 aromatic carbocycles. The quantitative estimate of drug-likeness (QED) is 0.341. The summed E-state index contributed by atoms with van der Waals surface area (Å²) in [4.78, 5) is 0. The van der Waals surface area contributed by atoms with Crippen molar-refractivity contribution < 1.29 is 18.6 Å². The monoisotopic (exact) mass is 502 g/mol. The van der Waals surface area contributed by atoms with Crippen molar-refractivity contribution >= 4 is 0 Å². The highest BCUT2D eigenvalue weighted by atomic mass is 19.2. The van der Waals surface area contributed by atoms with E-state index in [1.54, 1.807) is 0 Å². The summed E-state index contributed by atoms with van der Waals surface area (Å²) in [5, 5.41) is 9.55. The van der Waals surface area contributed by atoms with Crippen LogP contribution in [0.25, 0.3) is 0 Å². The van der Waals surface area contributed by atoms with Crippen molar-refractivity contribution in [2.75, 3.05) is 6.61 Å². The predicted octanol–water partition coefficient (Wildman–Crippen LogP) is 9.17. The minimum atomic E-state index is -1.04. The zero-order chi connectivity index (χ0) is 25.5. The first-order valence-electron chi connectivity index (χ1n) is 14.9. The molecule has 0 saturated heterocycles. The smallest absolute Gasteiger partial charge is 0.200 e. The zero-order valence-electron chi connectivity index (χ0n) is 22.6. The van der Waals surface area contributed by atoms with Crippen LogP contribution < -0.4 is 4.74 Å². The molecule has 3 aliphatic rings. The predicted molar refractivity (Wildman–Crippen MR) is 143 cm³/mol. The van der Waals surface area contributed by atoms with Crippen molar-refractivity contribution in [2.24, 2.45) is 35.5 Å². The molecule has 0 amide bonds. The summed E-state index contributed by atoms with van der Waals surface area (Å²) < 4.78 is 34.1. The molecule has 0 radical (unpaired) electrons. The number of hydrogen-bond acceptors (Lipinski definition) is 2. The van der Waals surface area contributed by atoms with Crippen molar-refractivity contribution in [3.05, 3.63) is 41.5 Å². The van der Waals surface area contributed by atoms with E-state index in [-0.39, 0.29) is 11.3 Å². The minimum absolute atomic E-state index is 0.0277. The third-order valence-electron chi connectivity index (χ3n) is 9.62. The van der Waals surface area contributed by atoms with Crippen LogP contribution in [0.4, 0.5) is 8.78 Å². The van der Waals surface area contributed by atoms with Crippen LogP contribution in [-0.2, 0) is 0 Å². The molecule has 0 aromatic heterocycles. The molecule has 3 fully saturated rings. The zero-order valence-corrected chi connectivity index (χ0v) is 22.6. The molecule has 2 nitrogen and oxygen atoms in total. The first-order valence-corrected chi connectivity index (χ1v) is 14.9. The number of allylic oxidation sites excluding steroid dienone is 2. The highest BCUT2D eigenvalue weighted by Gasteiger charge is 2.31. The maximum Gasteiger partial charge on any atom is 0.200 e. The van der Waals surface area contributed by atoms with E-state index in [0.29, 0.717) is 12.5 Å². The molecule has 3 saturated carbocycles. The van der Waals surface area contributed by atoms with Crippen LogP contribution in [0.2, 0.25) is 0 Å². The fourth-order valence-corrected chi connectivity index (χ4v) is 7.22. The first-order chi connectivity index (χ1) is 17.4. The van der Waals surface area contributed by atoms with Crippen molar-refractivity contribution in [3.63, 3.8) is 0 Å². The van der Waals surface area contributed by atoms with Crippen LogP contribution in [0, 0.1) is 47.1 Å². The Labute approximate surface area is 217 Å². The second-order valence-corrected chi connectivity index (χ2v) is 12.2. The van der Waals surface area contributed by atoms with Gasteiger partial charge < -0.3 is 9.84 Å². The van der Waals surface area contributed by atoms with Gasteiger partial charge >= 0.3 is 0 Å². The Hall–Kier alpha value is -1.42. The van der Waals surface area contributed by atoms with Crippen LogP contribution in [0.1, 0.15) is 115 Å². The fourth-order valence-electron chi connectivity index (χ4n) is 7.22. The summed E-state index contributed by atoms with van der Waals surface area (Å²) in [7, 11) is 0. The van der Waals surface area contributed by atoms with Gasteiger partial charge in [-0.3, -0.25) is 0 Å². The van der Waals surface area contributed by atoms with Crippen molar-refractivity contribution in [2.45, 2.75) is 110 Å². The third-order valence-corrected chi connectivity index (χ3v) is 9.62. The lowest BCUT2D eigenvalue weighted by Crippen LogP contribution is -2.27. The van der Waals surface area contributed by atoms with E-state index in [9.17, 15) is 13.9 Å². The van der Waals surface area contributed by atoms with Crippen LogP contribution in [-0.4, -0.2) is 11.7 Å². The molecular formula is C32H48F2O2. The highest BCUT2D eigenvalue weighted by molar-refractivity contribution is 5.32. The van der Waals surface area contributed by atoms with E-state index < -0.39 is 17.7 Å². The molecule has 4 rings (SSSR count). The topological polar surface area (TPSA) is 29.5 Å². The fraction of sp³-hybridized carbons (Fsp3) is 0.750. The number of rotatable bonds is 9. The normalized spacial score (nSPS) is 32.5. The molecule has 1 aromatic rings. The number of aliphatic hydroxyl groups is 1. The van der Waals surface area contributed by atoms with E-state index in [2.05, 4.69) is 19.1 Å². The summed E-state index contributed by atoms with van der Waals surface area (Å²) in [6, 6.07) is 2.86. The molecule has 1 atom stereocenters. The van der Waals surface area contributed by atoms with E-state index in [1.165, 1.54) is 96.1 Å². The van der Waals surface area contributed by atoms with E-state index >= 15 is 0 Å². The van der Waals surface area contributed by atoms with Gasteiger partial charge in [0.15, 0.2) is 11.6 Å². The average molecular weight is 503 g/mol. The lowest BCUT2D eigenvalue weighted by molar-refractivity contribution is 0.127. The minimum Gasteiger partial charge on any atom is -0.490 e. The Morgan fingerprint density at radius 1 is 0.806 bits per heavy atom. The Balaban J connectivity index is 1.14. The standard InChI is InChI=1S/C32H48F2O2/c1-3-4-23-5-7-24(8-6-23)9-10-25-11-15-27(16-12-25)28-17-13-26(14-18-28)21-36-30-20-19-29(22(2)35)31(33)32(30)34/h9-10,19-20,22-28,35H,3-8,11-18,21H2,1-2H3/b10-9+. The second-order valence-electron chi connectivity index (χ2n) is 12.2. The molecular weight excluding hydrogens is 454 g/mol. The largest absolute Gasteiger partial charge is 0.490 e. The highest BCUT2D eigenvalue weighted by Crippen LogP contribution is 2.42. The Morgan fingerprint density at radius 2 is 1.33 bits per heavy atom. The molecule has 0 aliphatic heterocycles. The first kappa shape index (κ1) is 27.6. The number of benzene rings is 1. The van der Waals surface area contributed by atoms with Crippen molar-refractivity contribution in [1.29, 1.82) is 0 Å². The molecule has 1 unspecified atom stereocenters. The van der Waals surface area contributed by atoms with Crippen LogP contribution in [0.3, 0.4) is 0 Å². The molecule has 3 aliphatic carbocycles. The van der Waals surface area contributed by atoms with Crippen LogP contribution in [0.5, 0.6) is 5.75 Å². The summed E-state index contributed by atoms with van der Waals surface area (Å²) in [6.07, 6.45) is 22.7. The second kappa shape index (κ2) is 13.4. The molecule has 36 heavy (non-hydrogen) atoms. The lowest BCUT2D eigenvalue weighted by atomic mass is 9.69. The molecule has 0 heterocycles. The van der Waals surface area contributed by atoms with Gasteiger partial charge in [-0.25, -0.2) is 4.39 Å². The van der Waals surface area contributed by atoms with Gasteiger partial charge in [-0.1, -0.05) is 31.9 Å². The maximum absolute atomic E-state index is 14.3. The molecule has 1 N–H and O–H groups in total. The van der Waals surface area contributed by atoms with Gasteiger partial charge in [0.05, 0.1) is 12.7 Å². The molecule has 0 bridgehead atoms. The Morgan fingerprint density at radius 3 is 1.89 bits per heavy atom. The summed E-state index contributed by atoms with van der Waals surface area (Å²) in [5.41, 5.74) is -0.0277. The summed E-state index contributed by atoms with van der Waals surface area (Å²) in [6.45, 7) is 4.18. The summed E-state index contributed by atoms with van der Waals surface area (Å²) in [5.74, 6) is 2.66. The average Bonchev–Trinajstić information content (AvgIpc) is 2.90. The number of hydrogen-bond donors (Lipinski definition) is 1. The van der Waals surface area contributed by atoms with E-state index in [0.717, 1.165) is 42.4 Å². The van der Waals surface area contributed by atoms with Gasteiger partial charge in [0, 0.05) is 5.56 Å². The van der Waals surface area contributed by atoms with Crippen LogP contribution in [0.15, 0.2) is 24.3 Å². The molecule has 4 heteroatoms. The van der Waals surface area contributed by atoms with Gasteiger partial charge in [-0.15, -0.1) is 0 Å². The van der Waals surface area contributed by atoms with Crippen molar-refractivity contribution in [3.8, 4) is 5.75 Å². The van der Waals surface area contributed by atoms with E-state index in [1.807, 2.05) is 0 Å². The lowest BCUT2D eigenvalue weighted by Gasteiger charge is -2.37. The maximum atomic E-state index is 14.3. The molecule has 202 valence electrons. The van der Waals surface area contributed by atoms with Crippen molar-refractivity contribution in [1.82, 2.24) is 0 Å². The Kier molecular flexibility index (Phi) is 10.3. The number of aliphatic hydroxyl groups excluding tert-OH is 1. The van der Waals surface area contributed by atoms with Gasteiger partial charge in [0.25, 0.3) is 0 Å². The SMILES string of the molecule is CCCC1CCC(/C=C/C2CCC(C3CCC(COc4ccc(C(C)O)c(F)c4F)CC3)CC2)CC1. The summed E-state index contributed by atoms with van der Waals surface area (Å²) >= 11 is 0. The van der Waals surface area contributed by atoms with Gasteiger partial charge in [-0.2, -0.15) is 4.39 Å². The number of halogens is 2. The van der Waals surface area contributed by atoms with Gasteiger partial charge in [0.2, 0.25) is 5.82 Å². The number of ether oxygens (including phenoxy) is 1. The third kappa shape index (κ3) is 7.33. The Bertz CT molecular complexity index is 827. The van der Waals surface area contributed by atoms with Gasteiger partial charge in [0.1, 0.15) is 0 Å². The van der Waals surface area contributed by atoms with E-state index in [4.69, 9.17) is 4.74 Å².